The minimum Gasteiger partial charge on any atom is -0.330 e. The topological polar surface area (TPSA) is 29.3 Å². The summed E-state index contributed by atoms with van der Waals surface area (Å²) in [4.78, 5) is 2.65. The molecule has 0 bridgehead atoms. The third-order valence-electron chi connectivity index (χ3n) is 3.42. The van der Waals surface area contributed by atoms with Crippen LogP contribution in [0.3, 0.4) is 0 Å². The van der Waals surface area contributed by atoms with Gasteiger partial charge in [0.05, 0.1) is 0 Å². The van der Waals surface area contributed by atoms with E-state index in [1.807, 2.05) is 0 Å². The number of nitrogens with zero attached hydrogens (tertiary/aromatic N) is 1. The highest BCUT2D eigenvalue weighted by Crippen LogP contribution is 2.16. The fourth-order valence-corrected chi connectivity index (χ4v) is 2.50. The minimum absolute atomic E-state index is 0.865. The maximum Gasteiger partial charge on any atom is 0.000703 e. The highest BCUT2D eigenvalue weighted by molar-refractivity contribution is 4.69. The lowest BCUT2D eigenvalue weighted by Gasteiger charge is -2.30. The van der Waals surface area contributed by atoms with E-state index in [9.17, 15) is 0 Å². The van der Waals surface area contributed by atoms with E-state index in [0.717, 1.165) is 12.5 Å². The molecule has 2 nitrogen and oxygen atoms in total. The Kier molecular flexibility index (Phi) is 7.03. The van der Waals surface area contributed by atoms with Crippen LogP contribution in [0, 0.1) is 5.92 Å². The Labute approximate surface area is 95.2 Å². The Balaban J connectivity index is 1.90. The zero-order valence-electron chi connectivity index (χ0n) is 10.4. The second kappa shape index (κ2) is 8.12. The summed E-state index contributed by atoms with van der Waals surface area (Å²) in [6, 6.07) is 0. The summed E-state index contributed by atoms with van der Waals surface area (Å²) in [5.74, 6) is 0.927. The summed E-state index contributed by atoms with van der Waals surface area (Å²) in [7, 11) is 0. The second-order valence-corrected chi connectivity index (χ2v) is 5.10. The van der Waals surface area contributed by atoms with Gasteiger partial charge in [0, 0.05) is 6.54 Å². The molecule has 1 rings (SSSR count). The van der Waals surface area contributed by atoms with Gasteiger partial charge in [0.1, 0.15) is 0 Å². The van der Waals surface area contributed by atoms with E-state index in [1.165, 1.54) is 64.6 Å². The Morgan fingerprint density at radius 1 is 1.13 bits per heavy atom. The van der Waals surface area contributed by atoms with Crippen molar-refractivity contribution < 1.29 is 0 Å². The van der Waals surface area contributed by atoms with Crippen molar-refractivity contribution in [2.24, 2.45) is 11.7 Å². The Bertz CT molecular complexity index is 147. The summed E-state index contributed by atoms with van der Waals surface area (Å²) in [6.07, 6.45) is 9.54. The molecule has 0 aromatic rings. The maximum absolute atomic E-state index is 5.47. The van der Waals surface area contributed by atoms with Crippen molar-refractivity contribution in [1.29, 1.82) is 0 Å². The van der Waals surface area contributed by atoms with E-state index in [-0.39, 0.29) is 0 Å². The first-order chi connectivity index (χ1) is 7.33. The molecular formula is C13H28N2. The monoisotopic (exact) mass is 212 g/mol. The third kappa shape index (κ3) is 6.16. The van der Waals surface area contributed by atoms with Crippen molar-refractivity contribution in [2.45, 2.75) is 51.9 Å². The predicted molar refractivity (Wildman–Crippen MR) is 67.0 cm³/mol. The van der Waals surface area contributed by atoms with Gasteiger partial charge in [-0.3, -0.25) is 0 Å². The zero-order valence-corrected chi connectivity index (χ0v) is 10.4. The maximum atomic E-state index is 5.47. The molecule has 0 aliphatic carbocycles. The molecule has 15 heavy (non-hydrogen) atoms. The number of rotatable bonds is 7. The van der Waals surface area contributed by atoms with Crippen molar-refractivity contribution in [2.75, 3.05) is 26.2 Å². The van der Waals surface area contributed by atoms with E-state index in [4.69, 9.17) is 5.73 Å². The molecule has 90 valence electrons. The fourth-order valence-electron chi connectivity index (χ4n) is 2.50. The predicted octanol–water partition coefficient (Wildman–Crippen LogP) is 2.63. The Morgan fingerprint density at radius 2 is 1.87 bits per heavy atom. The van der Waals surface area contributed by atoms with Crippen LogP contribution in [0.2, 0.25) is 0 Å². The fraction of sp³-hybridized carbons (Fsp3) is 1.00. The van der Waals surface area contributed by atoms with E-state index < -0.39 is 0 Å². The van der Waals surface area contributed by atoms with Gasteiger partial charge in [-0.15, -0.1) is 0 Å². The quantitative estimate of drug-likeness (QED) is 0.657. The molecule has 0 aromatic carbocycles. The molecule has 1 aliphatic rings. The molecule has 1 heterocycles. The number of piperidine rings is 1. The van der Waals surface area contributed by atoms with Crippen molar-refractivity contribution >= 4 is 0 Å². The molecule has 0 radical (unpaired) electrons. The van der Waals surface area contributed by atoms with Crippen molar-refractivity contribution in [3.05, 3.63) is 0 Å². The zero-order chi connectivity index (χ0) is 10.9. The van der Waals surface area contributed by atoms with Crippen molar-refractivity contribution in [3.8, 4) is 0 Å². The molecule has 0 amide bonds. The number of hydrogen-bond acceptors (Lipinski definition) is 2. The van der Waals surface area contributed by atoms with Crippen molar-refractivity contribution in [3.63, 3.8) is 0 Å². The van der Waals surface area contributed by atoms with Crippen LogP contribution in [0.25, 0.3) is 0 Å². The van der Waals surface area contributed by atoms with Gasteiger partial charge < -0.3 is 10.6 Å². The Morgan fingerprint density at radius 3 is 2.60 bits per heavy atom. The number of likely N-dealkylation sites (tertiary alicyclic amines) is 1. The van der Waals surface area contributed by atoms with Crippen LogP contribution in [0.1, 0.15) is 51.9 Å². The first-order valence-electron chi connectivity index (χ1n) is 6.75. The van der Waals surface area contributed by atoms with Crippen LogP contribution in [-0.4, -0.2) is 31.1 Å². The lowest BCUT2D eigenvalue weighted by atomic mass is 10.00. The van der Waals surface area contributed by atoms with E-state index in [2.05, 4.69) is 11.8 Å². The van der Waals surface area contributed by atoms with E-state index in [0.29, 0.717) is 0 Å². The number of nitrogens with two attached hydrogens (primary N) is 1. The summed E-state index contributed by atoms with van der Waals surface area (Å²) in [5.41, 5.74) is 5.47. The molecular weight excluding hydrogens is 184 g/mol. The van der Waals surface area contributed by atoms with Gasteiger partial charge in [-0.1, -0.05) is 26.2 Å². The number of hydrogen-bond donors (Lipinski definition) is 1. The van der Waals surface area contributed by atoms with Gasteiger partial charge in [0.15, 0.2) is 0 Å². The van der Waals surface area contributed by atoms with Gasteiger partial charge in [0.2, 0.25) is 0 Å². The highest BCUT2D eigenvalue weighted by Gasteiger charge is 2.14. The molecule has 1 unspecified atom stereocenters. The third-order valence-corrected chi connectivity index (χ3v) is 3.42. The van der Waals surface area contributed by atoms with Crippen LogP contribution in [0.4, 0.5) is 0 Å². The minimum atomic E-state index is 0.865. The summed E-state index contributed by atoms with van der Waals surface area (Å²) in [5, 5.41) is 0. The van der Waals surface area contributed by atoms with Crippen LogP contribution in [0.15, 0.2) is 0 Å². The van der Waals surface area contributed by atoms with Gasteiger partial charge in [-0.05, 0) is 51.2 Å². The van der Waals surface area contributed by atoms with E-state index >= 15 is 0 Å². The SMILES string of the molecule is CC1CCCN(CCCCCCCN)C1. The molecule has 1 atom stereocenters. The molecule has 0 aromatic heterocycles. The molecule has 2 N–H and O–H groups in total. The second-order valence-electron chi connectivity index (χ2n) is 5.10. The molecule has 1 aliphatic heterocycles. The number of unbranched alkanes of at least 4 members (excludes halogenated alkanes) is 4. The largest absolute Gasteiger partial charge is 0.330 e. The molecule has 0 saturated carbocycles. The van der Waals surface area contributed by atoms with Gasteiger partial charge in [-0.2, -0.15) is 0 Å². The van der Waals surface area contributed by atoms with Gasteiger partial charge >= 0.3 is 0 Å². The van der Waals surface area contributed by atoms with Crippen LogP contribution < -0.4 is 5.73 Å². The van der Waals surface area contributed by atoms with Gasteiger partial charge in [0.25, 0.3) is 0 Å². The lowest BCUT2D eigenvalue weighted by Crippen LogP contribution is -2.34. The van der Waals surface area contributed by atoms with E-state index in [1.54, 1.807) is 0 Å². The normalized spacial score (nSPS) is 23.2. The summed E-state index contributed by atoms with van der Waals surface area (Å²) >= 11 is 0. The Hall–Kier alpha value is -0.0800. The summed E-state index contributed by atoms with van der Waals surface area (Å²) < 4.78 is 0. The van der Waals surface area contributed by atoms with Crippen molar-refractivity contribution in [1.82, 2.24) is 4.90 Å². The molecule has 2 heteroatoms. The average Bonchev–Trinajstić information content (AvgIpc) is 2.23. The average molecular weight is 212 g/mol. The molecule has 0 spiro atoms. The standard InChI is InChI=1S/C13H28N2/c1-13-8-7-11-15(12-13)10-6-4-2-3-5-9-14/h13H,2-12,14H2,1H3. The van der Waals surface area contributed by atoms with Gasteiger partial charge in [-0.25, -0.2) is 0 Å². The van der Waals surface area contributed by atoms with Crippen LogP contribution >= 0.6 is 0 Å². The lowest BCUT2D eigenvalue weighted by molar-refractivity contribution is 0.180. The first kappa shape index (κ1) is 13.0. The molecule has 1 saturated heterocycles. The van der Waals surface area contributed by atoms with Crippen LogP contribution in [0.5, 0.6) is 0 Å². The first-order valence-corrected chi connectivity index (χ1v) is 6.75. The highest BCUT2D eigenvalue weighted by atomic mass is 15.1. The smallest absolute Gasteiger partial charge is 0.000703 e. The molecule has 1 fully saturated rings. The summed E-state index contributed by atoms with van der Waals surface area (Å²) in [6.45, 7) is 7.25. The van der Waals surface area contributed by atoms with Crippen LogP contribution in [-0.2, 0) is 0 Å².